The zero-order valence-electron chi connectivity index (χ0n) is 16.3. The summed E-state index contributed by atoms with van der Waals surface area (Å²) in [4.78, 5) is 0. The van der Waals surface area contributed by atoms with Crippen molar-refractivity contribution < 1.29 is 4.74 Å². The molecule has 0 saturated carbocycles. The van der Waals surface area contributed by atoms with Crippen molar-refractivity contribution in [3.63, 3.8) is 0 Å². The van der Waals surface area contributed by atoms with Crippen LogP contribution in [0.25, 0.3) is 6.08 Å². The Morgan fingerprint density at radius 1 is 0.955 bits per heavy atom. The Kier molecular flexibility index (Phi) is 4.92. The Balaban J connectivity index is 3.89. The third-order valence-electron chi connectivity index (χ3n) is 5.35. The number of hydrogen-bond acceptors (Lipinski definition) is 1. The highest BCUT2D eigenvalue weighted by Crippen LogP contribution is 2.48. The van der Waals surface area contributed by atoms with Crippen molar-refractivity contribution in [1.82, 2.24) is 0 Å². The Morgan fingerprint density at radius 2 is 1.45 bits per heavy atom. The normalized spacial score (nSPS) is 13.2. The lowest BCUT2D eigenvalue weighted by atomic mass is 9.63. The van der Waals surface area contributed by atoms with Crippen molar-refractivity contribution in [2.75, 3.05) is 7.11 Å². The average molecular weight is 303 g/mol. The summed E-state index contributed by atoms with van der Waals surface area (Å²) in [6, 6.07) is 2.35. The van der Waals surface area contributed by atoms with Crippen LogP contribution in [0.1, 0.15) is 77.6 Å². The third-order valence-corrected chi connectivity index (χ3v) is 5.35. The zero-order chi connectivity index (χ0) is 17.5. The molecule has 0 radical (unpaired) electrons. The molecule has 1 heteroatoms. The Labute approximate surface area is 137 Å². The largest absolute Gasteiger partial charge is 0.496 e. The molecule has 22 heavy (non-hydrogen) atoms. The summed E-state index contributed by atoms with van der Waals surface area (Å²) in [5.41, 5.74) is 5.25. The van der Waals surface area contributed by atoms with Crippen molar-refractivity contribution >= 4 is 6.08 Å². The summed E-state index contributed by atoms with van der Waals surface area (Å²) in [5, 5.41) is 0. The smallest absolute Gasteiger partial charge is 0.130 e. The van der Waals surface area contributed by atoms with Crippen molar-refractivity contribution in [2.24, 2.45) is 5.41 Å². The van der Waals surface area contributed by atoms with Gasteiger partial charge in [-0.15, -0.1) is 0 Å². The second kappa shape index (κ2) is 5.76. The molecule has 0 aliphatic heterocycles. The lowest BCUT2D eigenvalue weighted by Gasteiger charge is -2.41. The molecular weight excluding hydrogens is 268 g/mol. The quantitative estimate of drug-likeness (QED) is 0.639. The Hall–Kier alpha value is -1.24. The summed E-state index contributed by atoms with van der Waals surface area (Å²) in [5.74, 6) is 0.973. The Morgan fingerprint density at radius 3 is 1.77 bits per heavy atom. The van der Waals surface area contributed by atoms with Crippen LogP contribution in [0.5, 0.6) is 5.75 Å². The molecule has 0 amide bonds. The van der Waals surface area contributed by atoms with Gasteiger partial charge in [-0.25, -0.2) is 0 Å². The molecule has 0 heterocycles. The Bertz CT molecular complexity index is 563. The van der Waals surface area contributed by atoms with Crippen LogP contribution in [0.3, 0.4) is 0 Å². The minimum atomic E-state index is -0.0101. The first kappa shape index (κ1) is 18.8. The van der Waals surface area contributed by atoms with Crippen LogP contribution < -0.4 is 4.74 Å². The fraction of sp³-hybridized carbons (Fsp3) is 0.619. The highest BCUT2D eigenvalue weighted by molar-refractivity contribution is 5.66. The van der Waals surface area contributed by atoms with Gasteiger partial charge < -0.3 is 4.74 Å². The standard InChI is InChI=1S/C21H34O/c1-12-15-14(2)16(19(3,4)5)13-17(18(15)22-11)21(9,10)20(6,7)8/h12-13H,1H2,2-11H3. The van der Waals surface area contributed by atoms with E-state index in [1.54, 1.807) is 7.11 Å². The van der Waals surface area contributed by atoms with Crippen molar-refractivity contribution in [3.05, 3.63) is 34.9 Å². The molecule has 0 aliphatic carbocycles. The number of rotatable bonds is 3. The SMILES string of the molecule is C=Cc1c(C)c(C(C)(C)C)cc(C(C)(C)C(C)(C)C)c1OC. The summed E-state index contributed by atoms with van der Waals surface area (Å²) in [6.07, 6.45) is 1.94. The third kappa shape index (κ3) is 3.09. The van der Waals surface area contributed by atoms with E-state index in [-0.39, 0.29) is 16.2 Å². The first-order valence-corrected chi connectivity index (χ1v) is 8.14. The fourth-order valence-corrected chi connectivity index (χ4v) is 2.89. The van der Waals surface area contributed by atoms with E-state index >= 15 is 0 Å². The van der Waals surface area contributed by atoms with Gasteiger partial charge in [0.25, 0.3) is 0 Å². The number of benzene rings is 1. The van der Waals surface area contributed by atoms with Gasteiger partial charge in [0.15, 0.2) is 0 Å². The van der Waals surface area contributed by atoms with Crippen LogP contribution in [0.4, 0.5) is 0 Å². The van der Waals surface area contributed by atoms with Crippen LogP contribution in [0, 0.1) is 12.3 Å². The number of methoxy groups -OCH3 is 1. The zero-order valence-corrected chi connectivity index (χ0v) is 16.3. The van der Waals surface area contributed by atoms with Gasteiger partial charge in [-0.2, -0.15) is 0 Å². The molecule has 0 bridgehead atoms. The van der Waals surface area contributed by atoms with Crippen LogP contribution in [-0.4, -0.2) is 7.11 Å². The fourth-order valence-electron chi connectivity index (χ4n) is 2.89. The molecule has 0 saturated heterocycles. The molecule has 0 unspecified atom stereocenters. The first-order chi connectivity index (χ1) is 9.79. The van der Waals surface area contributed by atoms with E-state index in [1.807, 2.05) is 6.08 Å². The van der Waals surface area contributed by atoms with E-state index in [2.05, 4.69) is 75.0 Å². The van der Waals surface area contributed by atoms with E-state index in [1.165, 1.54) is 16.7 Å². The van der Waals surface area contributed by atoms with Crippen molar-refractivity contribution in [2.45, 2.75) is 73.1 Å². The van der Waals surface area contributed by atoms with E-state index in [0.717, 1.165) is 11.3 Å². The van der Waals surface area contributed by atoms with E-state index in [9.17, 15) is 0 Å². The molecule has 0 aromatic heterocycles. The lowest BCUT2D eigenvalue weighted by molar-refractivity contribution is 0.218. The second-order valence-electron chi connectivity index (χ2n) is 8.87. The van der Waals surface area contributed by atoms with Crippen molar-refractivity contribution in [3.8, 4) is 5.75 Å². The van der Waals surface area contributed by atoms with Crippen LogP contribution in [0.2, 0.25) is 0 Å². The van der Waals surface area contributed by atoms with Gasteiger partial charge in [0.2, 0.25) is 0 Å². The van der Waals surface area contributed by atoms with E-state index in [0.29, 0.717) is 0 Å². The summed E-state index contributed by atoms with van der Waals surface area (Å²) < 4.78 is 5.83. The molecule has 124 valence electrons. The molecule has 1 aromatic carbocycles. The van der Waals surface area contributed by atoms with Crippen LogP contribution in [0.15, 0.2) is 12.6 Å². The molecular formula is C21H34O. The molecule has 0 atom stereocenters. The van der Waals surface area contributed by atoms with Crippen molar-refractivity contribution in [1.29, 1.82) is 0 Å². The topological polar surface area (TPSA) is 9.23 Å². The maximum Gasteiger partial charge on any atom is 0.130 e. The van der Waals surface area contributed by atoms with Gasteiger partial charge in [-0.1, -0.05) is 74.1 Å². The maximum absolute atomic E-state index is 5.83. The molecule has 0 spiro atoms. The molecule has 1 rings (SSSR count). The number of hydrogen-bond donors (Lipinski definition) is 0. The van der Waals surface area contributed by atoms with Gasteiger partial charge in [0.05, 0.1) is 7.11 Å². The molecule has 1 aromatic rings. The van der Waals surface area contributed by atoms with Crippen LogP contribution >= 0.6 is 0 Å². The summed E-state index contributed by atoms with van der Waals surface area (Å²) in [6.45, 7) is 24.5. The van der Waals surface area contributed by atoms with Crippen LogP contribution in [-0.2, 0) is 10.8 Å². The average Bonchev–Trinajstić information content (AvgIpc) is 2.34. The van der Waals surface area contributed by atoms with Gasteiger partial charge in [-0.3, -0.25) is 0 Å². The second-order valence-corrected chi connectivity index (χ2v) is 8.87. The molecule has 0 fully saturated rings. The van der Waals surface area contributed by atoms with Gasteiger partial charge in [-0.05, 0) is 34.3 Å². The predicted molar refractivity (Wildman–Crippen MR) is 99.0 cm³/mol. The monoisotopic (exact) mass is 302 g/mol. The van der Waals surface area contributed by atoms with Gasteiger partial charge in [0, 0.05) is 11.1 Å². The highest BCUT2D eigenvalue weighted by atomic mass is 16.5. The molecule has 0 N–H and O–H groups in total. The maximum atomic E-state index is 5.83. The van der Waals surface area contributed by atoms with E-state index in [4.69, 9.17) is 4.74 Å². The van der Waals surface area contributed by atoms with Gasteiger partial charge in [0.1, 0.15) is 5.75 Å². The van der Waals surface area contributed by atoms with E-state index < -0.39 is 0 Å². The molecule has 1 nitrogen and oxygen atoms in total. The highest BCUT2D eigenvalue weighted by Gasteiger charge is 2.38. The minimum Gasteiger partial charge on any atom is -0.496 e. The summed E-state index contributed by atoms with van der Waals surface area (Å²) in [7, 11) is 1.76. The van der Waals surface area contributed by atoms with Gasteiger partial charge >= 0.3 is 0 Å². The lowest BCUT2D eigenvalue weighted by Crippen LogP contribution is -2.35. The predicted octanol–water partition coefficient (Wildman–Crippen LogP) is 6.27. The first-order valence-electron chi connectivity index (χ1n) is 8.14. The minimum absolute atomic E-state index is 0.0101. The number of ether oxygens (including phenoxy) is 1. The summed E-state index contributed by atoms with van der Waals surface area (Å²) >= 11 is 0. The molecule has 0 aliphatic rings.